The quantitative estimate of drug-likeness (QED) is 0.284. The zero-order chi connectivity index (χ0) is 28.8. The van der Waals surface area contributed by atoms with Crippen molar-refractivity contribution in [2.45, 2.75) is 11.4 Å². The molecule has 2 aliphatic heterocycles. The number of anilines is 2. The van der Waals surface area contributed by atoms with Gasteiger partial charge in [-0.15, -0.1) is 0 Å². The average molecular weight is 595 g/mol. The molecule has 5 aromatic rings. The van der Waals surface area contributed by atoms with E-state index in [-0.39, 0.29) is 10.8 Å². The molecule has 3 N–H and O–H groups in total. The first-order chi connectivity index (χ1) is 20.4. The Balaban J connectivity index is 1.00. The molecule has 220 valence electrons. The zero-order valence-corrected chi connectivity index (χ0v) is 23.7. The maximum atomic E-state index is 15.1. The molecule has 0 aliphatic carbocycles. The maximum absolute atomic E-state index is 15.1. The summed E-state index contributed by atoms with van der Waals surface area (Å²) in [6.45, 7) is 6.09. The van der Waals surface area contributed by atoms with Crippen molar-refractivity contribution >= 4 is 38.3 Å². The van der Waals surface area contributed by atoms with Gasteiger partial charge in [-0.3, -0.25) is 4.90 Å². The second-order valence-corrected chi connectivity index (χ2v) is 12.4. The molecule has 15 heteroatoms. The van der Waals surface area contributed by atoms with E-state index in [1.165, 1.54) is 10.4 Å². The van der Waals surface area contributed by atoms with Crippen molar-refractivity contribution in [3.05, 3.63) is 54.8 Å². The van der Waals surface area contributed by atoms with Crippen molar-refractivity contribution < 1.29 is 17.2 Å². The highest BCUT2D eigenvalue weighted by Crippen LogP contribution is 2.27. The largest absolute Gasteiger partial charge is 0.463 e. The number of halogens is 1. The number of nitrogen functional groups attached to an aromatic ring is 1. The Bertz CT molecular complexity index is 1840. The van der Waals surface area contributed by atoms with E-state index in [4.69, 9.17) is 10.2 Å². The van der Waals surface area contributed by atoms with E-state index in [9.17, 15) is 8.42 Å². The van der Waals surface area contributed by atoms with Crippen LogP contribution in [0.25, 0.3) is 28.1 Å². The number of nitrogens with two attached hydrogens (primary N) is 1. The first-order valence-corrected chi connectivity index (χ1v) is 15.3. The average Bonchev–Trinajstić information content (AvgIpc) is 3.77. The molecule has 2 aliphatic rings. The summed E-state index contributed by atoms with van der Waals surface area (Å²) in [6.07, 6.45) is 3.36. The fourth-order valence-corrected chi connectivity index (χ4v) is 7.12. The van der Waals surface area contributed by atoms with Crippen molar-refractivity contribution in [3.8, 4) is 11.5 Å². The Morgan fingerprint density at radius 1 is 1.02 bits per heavy atom. The van der Waals surface area contributed by atoms with E-state index in [2.05, 4.69) is 25.3 Å². The number of piperazine rings is 2. The summed E-state index contributed by atoms with van der Waals surface area (Å²) in [6, 6.07) is 9.78. The molecule has 0 bridgehead atoms. The van der Waals surface area contributed by atoms with E-state index in [0.29, 0.717) is 74.1 Å². The Labute approximate surface area is 241 Å². The molecule has 4 aromatic heterocycles. The van der Waals surface area contributed by atoms with Crippen molar-refractivity contribution in [3.63, 3.8) is 0 Å². The molecule has 42 heavy (non-hydrogen) atoms. The molecule has 0 amide bonds. The molecule has 7 rings (SSSR count). The highest BCUT2D eigenvalue weighted by Gasteiger charge is 2.28. The number of nitrogens with zero attached hydrogens (tertiary/aromatic N) is 8. The SMILES string of the molecule is Nc1nc2c(ncn2CCN2CCN(c3ccc(S(=O)(=O)N4CCNCC4)cc3F)CC2)c2cc(-c3ccco3)nn12. The molecule has 0 atom stereocenters. The Morgan fingerprint density at radius 3 is 2.57 bits per heavy atom. The third-order valence-electron chi connectivity index (χ3n) is 7.98. The summed E-state index contributed by atoms with van der Waals surface area (Å²) < 4.78 is 51.5. The lowest BCUT2D eigenvalue weighted by Crippen LogP contribution is -2.47. The third-order valence-corrected chi connectivity index (χ3v) is 9.87. The number of hydrogen-bond donors (Lipinski definition) is 2. The van der Waals surface area contributed by atoms with Gasteiger partial charge in [0, 0.05) is 65.4 Å². The lowest BCUT2D eigenvalue weighted by molar-refractivity contribution is 0.248. The van der Waals surface area contributed by atoms with Gasteiger partial charge in [0.05, 0.1) is 23.2 Å². The van der Waals surface area contributed by atoms with Crippen LogP contribution in [0.15, 0.2) is 58.3 Å². The molecule has 0 unspecified atom stereocenters. The number of fused-ring (bicyclic) bond motifs is 3. The summed E-state index contributed by atoms with van der Waals surface area (Å²) in [4.78, 5) is 13.4. The van der Waals surface area contributed by atoms with Crippen LogP contribution in [0, 0.1) is 5.82 Å². The minimum absolute atomic E-state index is 0.00325. The van der Waals surface area contributed by atoms with E-state index >= 15 is 4.39 Å². The van der Waals surface area contributed by atoms with Gasteiger partial charge < -0.3 is 24.9 Å². The van der Waals surface area contributed by atoms with Crippen molar-refractivity contribution in [1.82, 2.24) is 38.7 Å². The lowest BCUT2D eigenvalue weighted by atomic mass is 10.2. The summed E-state index contributed by atoms with van der Waals surface area (Å²) in [7, 11) is -3.71. The molecular formula is C27H31FN10O3S. The summed E-state index contributed by atoms with van der Waals surface area (Å²) in [5.74, 6) is 0.384. The van der Waals surface area contributed by atoms with E-state index in [0.717, 1.165) is 31.2 Å². The smallest absolute Gasteiger partial charge is 0.243 e. The van der Waals surface area contributed by atoms with Crippen LogP contribution in [0.4, 0.5) is 16.0 Å². The lowest BCUT2D eigenvalue weighted by Gasteiger charge is -2.36. The monoisotopic (exact) mass is 594 g/mol. The van der Waals surface area contributed by atoms with Crippen LogP contribution in [0.3, 0.4) is 0 Å². The van der Waals surface area contributed by atoms with Crippen LogP contribution < -0.4 is 16.0 Å². The predicted octanol–water partition coefficient (Wildman–Crippen LogP) is 1.48. The number of aromatic nitrogens is 5. The fraction of sp³-hybridized carbons (Fsp3) is 0.370. The van der Waals surface area contributed by atoms with Crippen molar-refractivity contribution in [1.29, 1.82) is 0 Å². The molecular weight excluding hydrogens is 563 g/mol. The molecule has 1 aromatic carbocycles. The normalized spacial score (nSPS) is 17.5. The number of imidazole rings is 1. The summed E-state index contributed by atoms with van der Waals surface area (Å²) in [5.41, 5.74) is 9.46. The Kier molecular flexibility index (Phi) is 6.80. The topological polar surface area (TPSA) is 143 Å². The second-order valence-electron chi connectivity index (χ2n) is 10.5. The number of rotatable bonds is 7. The number of nitrogens with one attached hydrogen (secondary N) is 1. The standard InChI is InChI=1S/C27H31FN10O3S/c28-20-16-19(42(39,40)37-7-5-30-6-8-37)3-4-22(20)35-12-9-34(10-13-35)11-14-36-18-31-25-23-17-21(24-2-1-15-41-24)33-38(23)27(29)32-26(25)36/h1-4,15-18,30H,5-14H2,(H2,29,32). The molecule has 0 saturated carbocycles. The molecule has 0 spiro atoms. The van der Waals surface area contributed by atoms with Gasteiger partial charge >= 0.3 is 0 Å². The fourth-order valence-electron chi connectivity index (χ4n) is 5.66. The van der Waals surface area contributed by atoms with Crippen LogP contribution in [-0.2, 0) is 16.6 Å². The van der Waals surface area contributed by atoms with Gasteiger partial charge in [-0.1, -0.05) is 0 Å². The van der Waals surface area contributed by atoms with Gasteiger partial charge in [-0.2, -0.15) is 18.9 Å². The number of benzene rings is 1. The second kappa shape index (κ2) is 10.7. The molecule has 6 heterocycles. The highest BCUT2D eigenvalue weighted by atomic mass is 32.2. The molecule has 2 saturated heterocycles. The van der Waals surface area contributed by atoms with E-state index < -0.39 is 15.8 Å². The zero-order valence-electron chi connectivity index (χ0n) is 22.9. The summed E-state index contributed by atoms with van der Waals surface area (Å²) in [5, 5.41) is 7.66. The summed E-state index contributed by atoms with van der Waals surface area (Å²) >= 11 is 0. The first kappa shape index (κ1) is 26.8. The van der Waals surface area contributed by atoms with Crippen LogP contribution in [0.2, 0.25) is 0 Å². The number of sulfonamides is 1. The predicted molar refractivity (Wildman–Crippen MR) is 155 cm³/mol. The van der Waals surface area contributed by atoms with Crippen LogP contribution in [-0.4, -0.2) is 101 Å². The van der Waals surface area contributed by atoms with E-state index in [1.807, 2.05) is 21.6 Å². The third kappa shape index (κ3) is 4.77. The maximum Gasteiger partial charge on any atom is 0.243 e. The highest BCUT2D eigenvalue weighted by molar-refractivity contribution is 7.89. The van der Waals surface area contributed by atoms with Gasteiger partial charge in [0.1, 0.15) is 22.5 Å². The van der Waals surface area contributed by atoms with Crippen LogP contribution in [0.5, 0.6) is 0 Å². The molecule has 13 nitrogen and oxygen atoms in total. The minimum Gasteiger partial charge on any atom is -0.463 e. The molecule has 2 fully saturated rings. The minimum atomic E-state index is -3.71. The Hall–Kier alpha value is -4.05. The van der Waals surface area contributed by atoms with Gasteiger partial charge in [0.15, 0.2) is 11.4 Å². The van der Waals surface area contributed by atoms with Crippen LogP contribution >= 0.6 is 0 Å². The van der Waals surface area contributed by atoms with Gasteiger partial charge in [0.25, 0.3) is 0 Å². The number of furan rings is 1. The first-order valence-electron chi connectivity index (χ1n) is 13.9. The van der Waals surface area contributed by atoms with Crippen molar-refractivity contribution in [2.75, 3.05) is 69.5 Å². The van der Waals surface area contributed by atoms with Gasteiger partial charge in [0.2, 0.25) is 16.0 Å². The van der Waals surface area contributed by atoms with E-state index in [1.54, 1.807) is 29.2 Å². The Morgan fingerprint density at radius 2 is 1.83 bits per heavy atom. The van der Waals surface area contributed by atoms with Crippen molar-refractivity contribution in [2.24, 2.45) is 0 Å². The van der Waals surface area contributed by atoms with Crippen LogP contribution in [0.1, 0.15) is 0 Å². The van der Waals surface area contributed by atoms with Gasteiger partial charge in [-0.05, 0) is 36.4 Å². The molecule has 0 radical (unpaired) electrons. The number of hydrogen-bond acceptors (Lipinski definition) is 10. The van der Waals surface area contributed by atoms with Gasteiger partial charge in [-0.25, -0.2) is 17.8 Å².